The average molecular weight is 558 g/mol. The van der Waals surface area contributed by atoms with Gasteiger partial charge in [-0.25, -0.2) is 4.98 Å². The number of carbonyl (C=O) groups excluding carboxylic acids is 1. The first-order valence-electron chi connectivity index (χ1n) is 10.2. The fourth-order valence-corrected chi connectivity index (χ4v) is 4.16. The molecule has 1 aromatic carbocycles. The first-order chi connectivity index (χ1) is 15.1. The van der Waals surface area contributed by atoms with Gasteiger partial charge in [-0.05, 0) is 79.5 Å². The van der Waals surface area contributed by atoms with Crippen LogP contribution >= 0.6 is 22.6 Å². The topological polar surface area (TPSA) is 97.3 Å². The first kappa shape index (κ1) is 22.8. The molecule has 0 amide bonds. The van der Waals surface area contributed by atoms with E-state index in [4.69, 9.17) is 5.73 Å². The number of rotatable bonds is 5. The zero-order valence-corrected chi connectivity index (χ0v) is 19.4. The second kappa shape index (κ2) is 8.85. The van der Waals surface area contributed by atoms with Gasteiger partial charge in [0.25, 0.3) is 5.78 Å². The summed E-state index contributed by atoms with van der Waals surface area (Å²) < 4.78 is 41.8. The fourth-order valence-electron chi connectivity index (χ4n) is 3.80. The molecule has 0 saturated heterocycles. The number of alkyl halides is 3. The van der Waals surface area contributed by atoms with Crippen LogP contribution in [0.2, 0.25) is 0 Å². The second-order valence-corrected chi connectivity index (χ2v) is 9.19. The van der Waals surface area contributed by atoms with Crippen molar-refractivity contribution in [1.29, 1.82) is 0 Å². The predicted octanol–water partition coefficient (Wildman–Crippen LogP) is 4.81. The lowest BCUT2D eigenvalue weighted by atomic mass is 9.92. The normalized spacial score (nSPS) is 19.2. The van der Waals surface area contributed by atoms with Gasteiger partial charge in [-0.15, -0.1) is 0 Å². The van der Waals surface area contributed by atoms with Gasteiger partial charge >= 0.3 is 6.18 Å². The van der Waals surface area contributed by atoms with Crippen molar-refractivity contribution in [3.63, 3.8) is 0 Å². The van der Waals surface area contributed by atoms with Gasteiger partial charge in [0.05, 0.1) is 11.8 Å². The highest BCUT2D eigenvalue weighted by Gasteiger charge is 2.41. The van der Waals surface area contributed by atoms with Crippen LogP contribution in [0.1, 0.15) is 41.6 Å². The lowest BCUT2D eigenvalue weighted by Gasteiger charge is -2.28. The van der Waals surface area contributed by atoms with E-state index >= 15 is 0 Å². The van der Waals surface area contributed by atoms with E-state index in [1.54, 1.807) is 0 Å². The number of hydrogen-bond acceptors (Lipinski definition) is 6. The summed E-state index contributed by atoms with van der Waals surface area (Å²) in [5.41, 5.74) is 6.66. The highest BCUT2D eigenvalue weighted by Crippen LogP contribution is 2.32. The van der Waals surface area contributed by atoms with Crippen LogP contribution in [0.25, 0.3) is 5.65 Å². The van der Waals surface area contributed by atoms with Crippen molar-refractivity contribution in [1.82, 2.24) is 14.6 Å². The summed E-state index contributed by atoms with van der Waals surface area (Å²) >= 11 is 2.19. The monoisotopic (exact) mass is 558 g/mol. The molecule has 1 aliphatic rings. The molecular weight excluding hydrogens is 536 g/mol. The van der Waals surface area contributed by atoms with Crippen molar-refractivity contribution < 1.29 is 18.0 Å². The van der Waals surface area contributed by atoms with Gasteiger partial charge in [0.15, 0.2) is 5.65 Å². The molecule has 0 aliphatic heterocycles. The number of halogens is 4. The number of nitrogens with zero attached hydrogens (tertiary/aromatic N) is 3. The number of nitrogens with one attached hydrogen (secondary N) is 2. The van der Waals surface area contributed by atoms with Crippen LogP contribution in [0, 0.1) is 10.5 Å². The molecule has 32 heavy (non-hydrogen) atoms. The van der Waals surface area contributed by atoms with Crippen LogP contribution < -0.4 is 16.4 Å². The van der Waals surface area contributed by atoms with Crippen molar-refractivity contribution in [2.75, 3.05) is 10.6 Å². The minimum atomic E-state index is -5.02. The lowest BCUT2D eigenvalue weighted by molar-refractivity contribution is -0.0884. The smallest absolute Gasteiger partial charge is 0.367 e. The predicted molar refractivity (Wildman–Crippen MR) is 124 cm³/mol. The summed E-state index contributed by atoms with van der Waals surface area (Å²) in [6.45, 7) is 1.81. The Labute approximate surface area is 196 Å². The number of Topliss-reactive ketones (excluding diaryl/α,β-unsaturated/α-hetero) is 1. The molecule has 11 heteroatoms. The Balaban J connectivity index is 1.80. The molecule has 1 saturated carbocycles. The van der Waals surface area contributed by atoms with Gasteiger partial charge < -0.3 is 16.4 Å². The summed E-state index contributed by atoms with van der Waals surface area (Å²) in [4.78, 5) is 16.4. The lowest BCUT2D eigenvalue weighted by Crippen LogP contribution is -2.33. The Morgan fingerprint density at radius 1 is 1.19 bits per heavy atom. The van der Waals surface area contributed by atoms with E-state index in [-0.39, 0.29) is 17.7 Å². The first-order valence-corrected chi connectivity index (χ1v) is 11.3. The standard InChI is InChI=1S/C21H22F3IN6O/c1-11-18(28-14-8-4-13(26)5-9-14)30-20-16(17(32)21(22,23)24)10-27-31(20)19(11)29-15-6-2-12(25)3-7-15/h2-3,6-7,10,13-14,29H,4-5,8-9,26H2,1H3,(H,28,30)/t13-,14-. The van der Waals surface area contributed by atoms with Crippen LogP contribution in [-0.4, -0.2) is 38.6 Å². The minimum Gasteiger partial charge on any atom is -0.367 e. The minimum absolute atomic E-state index is 0.0966. The summed E-state index contributed by atoms with van der Waals surface area (Å²) in [5, 5.41) is 10.6. The van der Waals surface area contributed by atoms with Crippen molar-refractivity contribution >= 4 is 51.3 Å². The maximum Gasteiger partial charge on any atom is 0.455 e. The molecule has 0 atom stereocenters. The van der Waals surface area contributed by atoms with Crippen LogP contribution in [0.3, 0.4) is 0 Å². The Kier molecular flexibility index (Phi) is 6.30. The molecule has 1 fully saturated rings. The number of nitrogens with two attached hydrogens (primary N) is 1. The number of benzene rings is 1. The van der Waals surface area contributed by atoms with Gasteiger partial charge in [0, 0.05) is 26.9 Å². The third-order valence-corrected chi connectivity index (χ3v) is 6.32. The number of aromatic nitrogens is 3. The molecule has 3 aromatic rings. The highest BCUT2D eigenvalue weighted by atomic mass is 127. The van der Waals surface area contributed by atoms with Gasteiger partial charge in [-0.3, -0.25) is 4.79 Å². The second-order valence-electron chi connectivity index (χ2n) is 7.94. The SMILES string of the molecule is Cc1c(N[C@H]2CC[C@H](N)CC2)nc2c(C(=O)C(F)(F)F)cnn2c1Nc1ccc(I)cc1. The molecule has 1 aliphatic carbocycles. The fraction of sp³-hybridized carbons (Fsp3) is 0.381. The molecule has 2 heterocycles. The number of carbonyl (C=O) groups is 1. The average Bonchev–Trinajstić information content (AvgIpc) is 3.16. The molecule has 0 bridgehead atoms. The van der Waals surface area contributed by atoms with E-state index < -0.39 is 17.5 Å². The van der Waals surface area contributed by atoms with E-state index in [0.717, 1.165) is 41.1 Å². The Morgan fingerprint density at radius 2 is 1.84 bits per heavy atom. The number of hydrogen-bond donors (Lipinski definition) is 3. The van der Waals surface area contributed by atoms with Gasteiger partial charge in [-0.1, -0.05) is 0 Å². The van der Waals surface area contributed by atoms with E-state index in [9.17, 15) is 18.0 Å². The summed E-state index contributed by atoms with van der Waals surface area (Å²) in [5.74, 6) is -1.12. The molecule has 2 aromatic heterocycles. The summed E-state index contributed by atoms with van der Waals surface area (Å²) in [7, 11) is 0. The maximum atomic E-state index is 13.2. The van der Waals surface area contributed by atoms with Crippen molar-refractivity contribution in [2.45, 2.75) is 50.9 Å². The zero-order chi connectivity index (χ0) is 23.0. The zero-order valence-electron chi connectivity index (χ0n) is 17.2. The van der Waals surface area contributed by atoms with Gasteiger partial charge in [-0.2, -0.15) is 22.8 Å². The van der Waals surface area contributed by atoms with Crippen LogP contribution in [0.15, 0.2) is 30.5 Å². The van der Waals surface area contributed by atoms with Crippen molar-refractivity contribution in [2.24, 2.45) is 5.73 Å². The Bertz CT molecular complexity index is 1140. The van der Waals surface area contributed by atoms with E-state index in [1.807, 2.05) is 31.2 Å². The summed E-state index contributed by atoms with van der Waals surface area (Å²) in [6, 6.07) is 7.78. The summed E-state index contributed by atoms with van der Waals surface area (Å²) in [6.07, 6.45) is -0.719. The molecule has 4 rings (SSSR count). The number of fused-ring (bicyclic) bond motifs is 1. The molecule has 0 unspecified atom stereocenters. The Hall–Kier alpha value is -2.41. The largest absolute Gasteiger partial charge is 0.455 e. The third-order valence-electron chi connectivity index (χ3n) is 5.61. The van der Waals surface area contributed by atoms with Crippen LogP contribution in [0.4, 0.5) is 30.5 Å². The molecule has 4 N–H and O–H groups in total. The van der Waals surface area contributed by atoms with Crippen LogP contribution in [-0.2, 0) is 0 Å². The maximum absolute atomic E-state index is 13.2. The van der Waals surface area contributed by atoms with Crippen LogP contribution in [0.5, 0.6) is 0 Å². The molecule has 7 nitrogen and oxygen atoms in total. The van der Waals surface area contributed by atoms with E-state index in [2.05, 4.69) is 43.3 Å². The van der Waals surface area contributed by atoms with Crippen molar-refractivity contribution in [3.05, 3.63) is 45.2 Å². The number of ketones is 1. The Morgan fingerprint density at radius 3 is 2.47 bits per heavy atom. The highest BCUT2D eigenvalue weighted by molar-refractivity contribution is 14.1. The van der Waals surface area contributed by atoms with Crippen molar-refractivity contribution in [3.8, 4) is 0 Å². The number of anilines is 3. The molecule has 0 spiro atoms. The quantitative estimate of drug-likeness (QED) is 0.307. The van der Waals surface area contributed by atoms with E-state index in [0.29, 0.717) is 17.2 Å². The molecule has 170 valence electrons. The third kappa shape index (κ3) is 4.68. The van der Waals surface area contributed by atoms with Gasteiger partial charge in [0.1, 0.15) is 11.6 Å². The molecular formula is C21H22F3IN6O. The van der Waals surface area contributed by atoms with E-state index in [1.165, 1.54) is 4.52 Å². The molecule has 0 radical (unpaired) electrons. The van der Waals surface area contributed by atoms with Gasteiger partial charge in [0.2, 0.25) is 0 Å².